The minimum atomic E-state index is 0.0616. The maximum Gasteiger partial charge on any atom is 0.159 e. The summed E-state index contributed by atoms with van der Waals surface area (Å²) in [6.07, 6.45) is 7.11. The van der Waals surface area contributed by atoms with Gasteiger partial charge in [0, 0.05) is 23.2 Å². The Morgan fingerprint density at radius 2 is 1.70 bits per heavy atom. The molecule has 37 heavy (non-hydrogen) atoms. The highest BCUT2D eigenvalue weighted by Gasteiger charge is 2.23. The number of ether oxygens (including phenoxy) is 2. The molecule has 0 N–H and O–H groups in total. The summed E-state index contributed by atoms with van der Waals surface area (Å²) in [6, 6.07) is 22.3. The van der Waals surface area contributed by atoms with Crippen molar-refractivity contribution in [2.45, 2.75) is 65.3 Å². The SMILES string of the molecule is CC(=O)c1ccc2c(c1)nc(-c1ccc(Oc3cccc(OCCC(C)C)c3)cc1)n2C1CCCCC1. The molecule has 5 heteroatoms. The van der Waals surface area contributed by atoms with Crippen LogP contribution in [0, 0.1) is 5.92 Å². The van der Waals surface area contributed by atoms with Crippen LogP contribution < -0.4 is 9.47 Å². The van der Waals surface area contributed by atoms with Crippen LogP contribution in [-0.4, -0.2) is 21.9 Å². The Kier molecular flexibility index (Phi) is 7.59. The summed E-state index contributed by atoms with van der Waals surface area (Å²) < 4.78 is 14.4. The van der Waals surface area contributed by atoms with Crippen LogP contribution in [0.3, 0.4) is 0 Å². The number of hydrogen-bond acceptors (Lipinski definition) is 4. The van der Waals surface area contributed by atoms with Gasteiger partial charge in [-0.05, 0) is 86.7 Å². The van der Waals surface area contributed by atoms with Crippen molar-refractivity contribution in [2.24, 2.45) is 5.92 Å². The van der Waals surface area contributed by atoms with E-state index in [2.05, 4.69) is 36.6 Å². The molecule has 1 fully saturated rings. The Bertz CT molecular complexity index is 1360. The van der Waals surface area contributed by atoms with Crippen molar-refractivity contribution in [3.8, 4) is 28.6 Å². The lowest BCUT2D eigenvalue weighted by Gasteiger charge is -2.25. The minimum Gasteiger partial charge on any atom is -0.493 e. The van der Waals surface area contributed by atoms with E-state index in [0.717, 1.165) is 58.9 Å². The summed E-state index contributed by atoms with van der Waals surface area (Å²) >= 11 is 0. The molecule has 3 aromatic carbocycles. The first-order chi connectivity index (χ1) is 18.0. The summed E-state index contributed by atoms with van der Waals surface area (Å²) in [4.78, 5) is 17.0. The number of carbonyl (C=O) groups is 1. The van der Waals surface area contributed by atoms with Gasteiger partial charge in [0.25, 0.3) is 0 Å². The number of imidazole rings is 1. The number of Topliss-reactive ketones (excluding diaryl/α,β-unsaturated/α-hetero) is 1. The molecular weight excluding hydrogens is 460 g/mol. The van der Waals surface area contributed by atoms with Crippen LogP contribution in [0.5, 0.6) is 17.2 Å². The van der Waals surface area contributed by atoms with Crippen molar-refractivity contribution in [1.82, 2.24) is 9.55 Å². The van der Waals surface area contributed by atoms with Gasteiger partial charge in [0.05, 0.1) is 17.6 Å². The van der Waals surface area contributed by atoms with Crippen LogP contribution in [-0.2, 0) is 0 Å². The van der Waals surface area contributed by atoms with Crippen molar-refractivity contribution < 1.29 is 14.3 Å². The maximum absolute atomic E-state index is 12.0. The average Bonchev–Trinajstić information content (AvgIpc) is 3.28. The molecule has 0 amide bonds. The summed E-state index contributed by atoms with van der Waals surface area (Å²) in [6.45, 7) is 6.69. The molecule has 1 saturated carbocycles. The smallest absolute Gasteiger partial charge is 0.159 e. The first-order valence-corrected chi connectivity index (χ1v) is 13.5. The van der Waals surface area contributed by atoms with Crippen molar-refractivity contribution in [1.29, 1.82) is 0 Å². The molecule has 4 aromatic rings. The number of rotatable bonds is 9. The second-order valence-corrected chi connectivity index (χ2v) is 10.5. The number of hydrogen-bond donors (Lipinski definition) is 0. The lowest BCUT2D eigenvalue weighted by Crippen LogP contribution is -2.14. The molecule has 5 rings (SSSR count). The topological polar surface area (TPSA) is 53.4 Å². The predicted molar refractivity (Wildman–Crippen MR) is 149 cm³/mol. The van der Waals surface area contributed by atoms with Crippen LogP contribution in [0.2, 0.25) is 0 Å². The molecule has 192 valence electrons. The fourth-order valence-electron chi connectivity index (χ4n) is 5.08. The van der Waals surface area contributed by atoms with Crippen LogP contribution in [0.4, 0.5) is 0 Å². The molecule has 1 aliphatic carbocycles. The van der Waals surface area contributed by atoms with Crippen LogP contribution in [0.25, 0.3) is 22.4 Å². The van der Waals surface area contributed by atoms with Gasteiger partial charge >= 0.3 is 0 Å². The van der Waals surface area contributed by atoms with Gasteiger partial charge in [-0.2, -0.15) is 0 Å². The summed E-state index contributed by atoms with van der Waals surface area (Å²) in [5, 5.41) is 0. The van der Waals surface area contributed by atoms with E-state index in [0.29, 0.717) is 24.1 Å². The van der Waals surface area contributed by atoms with Gasteiger partial charge in [-0.1, -0.05) is 39.2 Å². The molecule has 0 aliphatic heterocycles. The average molecular weight is 497 g/mol. The fourth-order valence-corrected chi connectivity index (χ4v) is 5.08. The zero-order valence-corrected chi connectivity index (χ0v) is 22.1. The molecule has 0 unspecified atom stereocenters. The van der Waals surface area contributed by atoms with Gasteiger partial charge in [-0.15, -0.1) is 0 Å². The highest BCUT2D eigenvalue weighted by atomic mass is 16.5. The van der Waals surface area contributed by atoms with Crippen molar-refractivity contribution in [3.63, 3.8) is 0 Å². The highest BCUT2D eigenvalue weighted by Crippen LogP contribution is 2.37. The summed E-state index contributed by atoms with van der Waals surface area (Å²) in [5.41, 5.74) is 3.72. The van der Waals surface area contributed by atoms with Gasteiger partial charge in [0.1, 0.15) is 23.1 Å². The molecule has 0 atom stereocenters. The molecule has 1 aliphatic rings. The normalized spacial score (nSPS) is 14.3. The van der Waals surface area contributed by atoms with E-state index in [1.807, 2.05) is 48.5 Å². The monoisotopic (exact) mass is 496 g/mol. The minimum absolute atomic E-state index is 0.0616. The molecule has 1 aromatic heterocycles. The molecule has 0 radical (unpaired) electrons. The second kappa shape index (κ2) is 11.2. The number of benzene rings is 3. The molecular formula is C32H36N2O3. The standard InChI is InChI=1S/C32H36N2O3/c1-22(2)18-19-36-28-10-7-11-29(21-28)37-27-15-12-24(13-16-27)32-33-30-20-25(23(3)35)14-17-31(30)34(32)26-8-5-4-6-9-26/h7,10-17,20-22,26H,4-6,8-9,18-19H2,1-3H3. The Hall–Kier alpha value is -3.60. The number of aromatic nitrogens is 2. The first kappa shape index (κ1) is 25.1. The Morgan fingerprint density at radius 3 is 2.43 bits per heavy atom. The van der Waals surface area contributed by atoms with E-state index in [4.69, 9.17) is 14.5 Å². The van der Waals surface area contributed by atoms with Crippen LogP contribution >= 0.6 is 0 Å². The number of carbonyl (C=O) groups excluding carboxylic acids is 1. The van der Waals surface area contributed by atoms with Crippen molar-refractivity contribution in [2.75, 3.05) is 6.61 Å². The largest absolute Gasteiger partial charge is 0.493 e. The van der Waals surface area contributed by atoms with E-state index < -0.39 is 0 Å². The Balaban J connectivity index is 1.40. The van der Waals surface area contributed by atoms with Gasteiger partial charge in [0.15, 0.2) is 5.78 Å². The number of fused-ring (bicyclic) bond motifs is 1. The zero-order chi connectivity index (χ0) is 25.8. The van der Waals surface area contributed by atoms with Gasteiger partial charge in [-0.25, -0.2) is 4.98 Å². The van der Waals surface area contributed by atoms with E-state index in [9.17, 15) is 4.79 Å². The van der Waals surface area contributed by atoms with E-state index in [1.165, 1.54) is 19.3 Å². The van der Waals surface area contributed by atoms with Crippen LogP contribution in [0.15, 0.2) is 66.7 Å². The quantitative estimate of drug-likeness (QED) is 0.218. The van der Waals surface area contributed by atoms with E-state index >= 15 is 0 Å². The predicted octanol–water partition coefficient (Wildman–Crippen LogP) is 8.63. The lowest BCUT2D eigenvalue weighted by molar-refractivity contribution is 0.101. The summed E-state index contributed by atoms with van der Waals surface area (Å²) in [7, 11) is 0. The van der Waals surface area contributed by atoms with Gasteiger partial charge in [-0.3, -0.25) is 4.79 Å². The molecule has 1 heterocycles. The summed E-state index contributed by atoms with van der Waals surface area (Å²) in [5.74, 6) is 3.96. The maximum atomic E-state index is 12.0. The third-order valence-corrected chi connectivity index (χ3v) is 7.15. The third kappa shape index (κ3) is 5.87. The second-order valence-electron chi connectivity index (χ2n) is 10.5. The number of nitrogens with zero attached hydrogens (tertiary/aromatic N) is 2. The van der Waals surface area contributed by atoms with E-state index in [-0.39, 0.29) is 5.78 Å². The molecule has 5 nitrogen and oxygen atoms in total. The van der Waals surface area contributed by atoms with Gasteiger partial charge < -0.3 is 14.0 Å². The lowest BCUT2D eigenvalue weighted by atomic mass is 9.94. The van der Waals surface area contributed by atoms with Crippen molar-refractivity contribution >= 4 is 16.8 Å². The third-order valence-electron chi connectivity index (χ3n) is 7.15. The molecule has 0 spiro atoms. The van der Waals surface area contributed by atoms with Gasteiger partial charge in [0.2, 0.25) is 0 Å². The Labute approximate surface area is 219 Å². The zero-order valence-electron chi connectivity index (χ0n) is 22.1. The van der Waals surface area contributed by atoms with E-state index in [1.54, 1.807) is 6.92 Å². The molecule has 0 saturated heterocycles. The van der Waals surface area contributed by atoms with Crippen LogP contribution in [0.1, 0.15) is 75.7 Å². The highest BCUT2D eigenvalue weighted by molar-refractivity contribution is 5.97. The Morgan fingerprint density at radius 1 is 0.946 bits per heavy atom. The number of ketones is 1. The molecule has 0 bridgehead atoms. The first-order valence-electron chi connectivity index (χ1n) is 13.5. The van der Waals surface area contributed by atoms with Crippen molar-refractivity contribution in [3.05, 3.63) is 72.3 Å². The fraction of sp³-hybridized carbons (Fsp3) is 0.375.